The molecule has 0 aromatic heterocycles. The van der Waals surface area contributed by atoms with Crippen molar-refractivity contribution in [1.82, 2.24) is 4.90 Å². The molecule has 1 saturated heterocycles. The van der Waals surface area contributed by atoms with Gasteiger partial charge in [-0.2, -0.15) is 0 Å². The maximum Gasteiger partial charge on any atom is 0.309 e. The second-order valence-electron chi connectivity index (χ2n) is 6.46. The minimum absolute atomic E-state index is 0.101. The van der Waals surface area contributed by atoms with E-state index in [1.807, 2.05) is 0 Å². The summed E-state index contributed by atoms with van der Waals surface area (Å²) in [5.41, 5.74) is -0.288. The molecule has 6 nitrogen and oxygen atoms in total. The number of amides is 2. The van der Waals surface area contributed by atoms with Crippen LogP contribution in [0.5, 0.6) is 0 Å². The summed E-state index contributed by atoms with van der Waals surface area (Å²) in [4.78, 5) is 37.5. The molecule has 124 valence electrons. The van der Waals surface area contributed by atoms with Gasteiger partial charge in [-0.25, -0.2) is 0 Å². The summed E-state index contributed by atoms with van der Waals surface area (Å²) >= 11 is 0. The topological polar surface area (TPSA) is 86.7 Å². The lowest BCUT2D eigenvalue weighted by atomic mass is 9.89. The van der Waals surface area contributed by atoms with Gasteiger partial charge >= 0.3 is 5.97 Å². The van der Waals surface area contributed by atoms with Crippen molar-refractivity contribution in [1.29, 1.82) is 0 Å². The highest BCUT2D eigenvalue weighted by Crippen LogP contribution is 2.24. The SMILES string of the molecule is CC(C)(CC(=O)Nc1ccccc1C(=O)N1CCCC1)C(=O)O. The Morgan fingerprint density at radius 3 is 2.39 bits per heavy atom. The first-order valence-corrected chi connectivity index (χ1v) is 7.73. The van der Waals surface area contributed by atoms with E-state index in [1.165, 1.54) is 13.8 Å². The van der Waals surface area contributed by atoms with Gasteiger partial charge in [0.25, 0.3) is 5.91 Å². The van der Waals surface area contributed by atoms with Gasteiger partial charge in [-0.15, -0.1) is 0 Å². The third-order valence-corrected chi connectivity index (χ3v) is 4.01. The van der Waals surface area contributed by atoms with Crippen LogP contribution in [0.2, 0.25) is 0 Å². The minimum Gasteiger partial charge on any atom is -0.481 e. The number of likely N-dealkylation sites (tertiary alicyclic amines) is 1. The van der Waals surface area contributed by atoms with Crippen molar-refractivity contribution in [3.63, 3.8) is 0 Å². The number of carboxylic acids is 1. The molecule has 1 aromatic rings. The van der Waals surface area contributed by atoms with Crippen molar-refractivity contribution in [2.45, 2.75) is 33.1 Å². The molecular formula is C17H22N2O4. The van der Waals surface area contributed by atoms with Gasteiger partial charge in [-0.05, 0) is 38.8 Å². The van der Waals surface area contributed by atoms with Crippen LogP contribution >= 0.6 is 0 Å². The second kappa shape index (κ2) is 6.81. The van der Waals surface area contributed by atoms with Gasteiger partial charge in [-0.3, -0.25) is 14.4 Å². The standard InChI is InChI=1S/C17H22N2O4/c1-17(2,16(22)23)11-14(20)18-13-8-4-3-7-12(13)15(21)19-9-5-6-10-19/h3-4,7-8H,5-6,9-11H2,1-2H3,(H,18,20)(H,22,23). The Balaban J connectivity index is 2.12. The molecule has 0 atom stereocenters. The number of carbonyl (C=O) groups is 3. The van der Waals surface area contributed by atoms with Crippen molar-refractivity contribution in [3.8, 4) is 0 Å². The van der Waals surface area contributed by atoms with Crippen LogP contribution in [-0.2, 0) is 9.59 Å². The number of rotatable bonds is 5. The van der Waals surface area contributed by atoms with E-state index >= 15 is 0 Å². The molecule has 2 N–H and O–H groups in total. The van der Waals surface area contributed by atoms with Gasteiger partial charge in [0.15, 0.2) is 0 Å². The Labute approximate surface area is 135 Å². The van der Waals surface area contributed by atoms with Crippen LogP contribution in [0, 0.1) is 5.41 Å². The summed E-state index contributed by atoms with van der Waals surface area (Å²) in [6.45, 7) is 4.45. The van der Waals surface area contributed by atoms with Crippen molar-refractivity contribution in [3.05, 3.63) is 29.8 Å². The number of nitrogens with zero attached hydrogens (tertiary/aromatic N) is 1. The molecule has 1 heterocycles. The van der Waals surface area contributed by atoms with Crippen LogP contribution in [-0.4, -0.2) is 40.9 Å². The summed E-state index contributed by atoms with van der Waals surface area (Å²) in [6.07, 6.45) is 1.83. The summed E-state index contributed by atoms with van der Waals surface area (Å²) < 4.78 is 0. The molecule has 1 aliphatic heterocycles. The van der Waals surface area contributed by atoms with Crippen LogP contribution < -0.4 is 5.32 Å². The van der Waals surface area contributed by atoms with E-state index in [0.717, 1.165) is 25.9 Å². The van der Waals surface area contributed by atoms with Gasteiger partial charge in [0.05, 0.1) is 16.7 Å². The van der Waals surface area contributed by atoms with E-state index in [-0.39, 0.29) is 12.3 Å². The molecular weight excluding hydrogens is 296 g/mol. The maximum absolute atomic E-state index is 12.5. The zero-order valence-corrected chi connectivity index (χ0v) is 13.5. The largest absolute Gasteiger partial charge is 0.481 e. The van der Waals surface area contributed by atoms with Gasteiger partial charge < -0.3 is 15.3 Å². The molecule has 0 bridgehead atoms. The minimum atomic E-state index is -1.15. The average Bonchev–Trinajstić information content (AvgIpc) is 3.00. The molecule has 2 rings (SSSR count). The number of aliphatic carboxylic acids is 1. The number of carboxylic acid groups (broad SMARTS) is 1. The lowest BCUT2D eigenvalue weighted by molar-refractivity contribution is -0.148. The van der Waals surface area contributed by atoms with E-state index < -0.39 is 17.3 Å². The highest BCUT2D eigenvalue weighted by Gasteiger charge is 2.30. The number of para-hydroxylation sites is 1. The normalized spacial score (nSPS) is 14.6. The molecule has 0 aliphatic carbocycles. The van der Waals surface area contributed by atoms with E-state index in [9.17, 15) is 14.4 Å². The molecule has 0 radical (unpaired) electrons. The van der Waals surface area contributed by atoms with Crippen LogP contribution in [0.1, 0.15) is 43.5 Å². The Morgan fingerprint density at radius 1 is 1.17 bits per heavy atom. The molecule has 1 aromatic carbocycles. The maximum atomic E-state index is 12.5. The third kappa shape index (κ3) is 4.09. The summed E-state index contributed by atoms with van der Waals surface area (Å²) in [5, 5.41) is 11.8. The zero-order chi connectivity index (χ0) is 17.0. The first-order chi connectivity index (χ1) is 10.8. The lowest BCUT2D eigenvalue weighted by Gasteiger charge is -2.20. The van der Waals surface area contributed by atoms with Gasteiger partial charge in [0.1, 0.15) is 0 Å². The van der Waals surface area contributed by atoms with Gasteiger partial charge in [-0.1, -0.05) is 12.1 Å². The zero-order valence-electron chi connectivity index (χ0n) is 13.5. The second-order valence-corrected chi connectivity index (χ2v) is 6.46. The molecule has 0 saturated carbocycles. The molecule has 6 heteroatoms. The smallest absolute Gasteiger partial charge is 0.309 e. The van der Waals surface area contributed by atoms with Crippen molar-refractivity contribution < 1.29 is 19.5 Å². The summed E-state index contributed by atoms with van der Waals surface area (Å²) in [6, 6.07) is 6.83. The molecule has 1 aliphatic rings. The Bertz CT molecular complexity index is 619. The number of carbonyl (C=O) groups excluding carboxylic acids is 2. The molecule has 23 heavy (non-hydrogen) atoms. The Kier molecular flexibility index (Phi) is 5.03. The van der Waals surface area contributed by atoms with Crippen molar-refractivity contribution in [2.24, 2.45) is 5.41 Å². The highest BCUT2D eigenvalue weighted by atomic mass is 16.4. The van der Waals surface area contributed by atoms with E-state index in [1.54, 1.807) is 29.2 Å². The highest BCUT2D eigenvalue weighted by molar-refractivity contribution is 6.04. The average molecular weight is 318 g/mol. The predicted molar refractivity (Wildman–Crippen MR) is 86.2 cm³/mol. The Hall–Kier alpha value is -2.37. The number of nitrogens with one attached hydrogen (secondary N) is 1. The number of hydrogen-bond donors (Lipinski definition) is 2. The molecule has 2 amide bonds. The van der Waals surface area contributed by atoms with E-state index in [2.05, 4.69) is 5.32 Å². The van der Waals surface area contributed by atoms with E-state index in [0.29, 0.717) is 11.3 Å². The first kappa shape index (κ1) is 17.0. The molecule has 1 fully saturated rings. The van der Waals surface area contributed by atoms with Gasteiger partial charge in [0, 0.05) is 19.5 Å². The third-order valence-electron chi connectivity index (χ3n) is 4.01. The number of benzene rings is 1. The Morgan fingerprint density at radius 2 is 1.78 bits per heavy atom. The van der Waals surface area contributed by atoms with Gasteiger partial charge in [0.2, 0.25) is 5.91 Å². The molecule has 0 spiro atoms. The van der Waals surface area contributed by atoms with Crippen LogP contribution in [0.25, 0.3) is 0 Å². The quantitative estimate of drug-likeness (QED) is 0.872. The van der Waals surface area contributed by atoms with Crippen LogP contribution in [0.4, 0.5) is 5.69 Å². The monoisotopic (exact) mass is 318 g/mol. The number of hydrogen-bond acceptors (Lipinski definition) is 3. The fraction of sp³-hybridized carbons (Fsp3) is 0.471. The number of anilines is 1. The lowest BCUT2D eigenvalue weighted by Crippen LogP contribution is -2.31. The van der Waals surface area contributed by atoms with Crippen molar-refractivity contribution >= 4 is 23.5 Å². The first-order valence-electron chi connectivity index (χ1n) is 7.73. The van der Waals surface area contributed by atoms with Crippen molar-refractivity contribution in [2.75, 3.05) is 18.4 Å². The summed E-state index contributed by atoms with van der Waals surface area (Å²) in [7, 11) is 0. The molecule has 0 unspecified atom stereocenters. The van der Waals surface area contributed by atoms with Crippen LogP contribution in [0.3, 0.4) is 0 Å². The fourth-order valence-electron chi connectivity index (χ4n) is 2.54. The van der Waals surface area contributed by atoms with Crippen LogP contribution in [0.15, 0.2) is 24.3 Å². The predicted octanol–water partition coefficient (Wildman–Crippen LogP) is 2.36. The fourth-order valence-corrected chi connectivity index (χ4v) is 2.54. The van der Waals surface area contributed by atoms with E-state index in [4.69, 9.17) is 5.11 Å². The summed E-state index contributed by atoms with van der Waals surface area (Å²) in [5.74, 6) is -1.55.